The number of amides is 1. The number of benzene rings is 1. The van der Waals surface area contributed by atoms with Gasteiger partial charge in [0.25, 0.3) is 5.91 Å². The minimum Gasteiger partial charge on any atom is -0.360 e. The Bertz CT molecular complexity index is 733. The molecule has 0 atom stereocenters. The maximum Gasteiger partial charge on any atom is 0.274 e. The largest absolute Gasteiger partial charge is 0.360 e. The Morgan fingerprint density at radius 3 is 2.71 bits per heavy atom. The number of nitrogens with zero attached hydrogens (tertiary/aromatic N) is 3. The molecule has 0 aliphatic rings. The van der Waals surface area contributed by atoms with Gasteiger partial charge in [-0.3, -0.25) is 4.79 Å². The molecular weight excluding hydrogens is 324 g/mol. The molecule has 0 fully saturated rings. The first kappa shape index (κ1) is 18.2. The Balaban J connectivity index is 2.23. The Hall–Kier alpha value is -2.14. The third-order valence-electron chi connectivity index (χ3n) is 3.74. The van der Waals surface area contributed by atoms with Crippen molar-refractivity contribution in [2.24, 2.45) is 0 Å². The van der Waals surface area contributed by atoms with Gasteiger partial charge in [0.1, 0.15) is 17.3 Å². The van der Waals surface area contributed by atoms with E-state index in [1.54, 1.807) is 25.1 Å². The Labute approximate surface area is 148 Å². The van der Waals surface area contributed by atoms with Gasteiger partial charge in [0.2, 0.25) is 0 Å². The lowest BCUT2D eigenvalue weighted by Gasteiger charge is -2.18. The molecule has 1 amide bonds. The summed E-state index contributed by atoms with van der Waals surface area (Å²) in [6.45, 7) is 6.74. The molecule has 0 saturated carbocycles. The number of carbonyl (C=O) groups is 1. The van der Waals surface area contributed by atoms with Crippen LogP contribution < -0.4 is 10.2 Å². The average Bonchev–Trinajstić information content (AvgIpc) is 2.55. The lowest BCUT2D eigenvalue weighted by Crippen LogP contribution is -2.22. The van der Waals surface area contributed by atoms with Crippen molar-refractivity contribution < 1.29 is 4.79 Å². The topological polar surface area (TPSA) is 58.1 Å². The van der Waals surface area contributed by atoms with E-state index >= 15 is 0 Å². The summed E-state index contributed by atoms with van der Waals surface area (Å²) in [5.74, 6) is 1.06. The summed E-state index contributed by atoms with van der Waals surface area (Å²) < 4.78 is 0. The monoisotopic (exact) mass is 346 g/mol. The summed E-state index contributed by atoms with van der Waals surface area (Å²) in [5, 5.41) is 3.45. The van der Waals surface area contributed by atoms with Gasteiger partial charge >= 0.3 is 0 Å². The summed E-state index contributed by atoms with van der Waals surface area (Å²) in [5.41, 5.74) is 1.98. The summed E-state index contributed by atoms with van der Waals surface area (Å²) in [4.78, 5) is 23.3. The molecule has 0 aliphatic carbocycles. The number of aryl methyl sites for hydroxylation is 2. The van der Waals surface area contributed by atoms with Crippen LogP contribution in [0, 0.1) is 13.8 Å². The predicted molar refractivity (Wildman–Crippen MR) is 99.1 cm³/mol. The first-order valence-corrected chi connectivity index (χ1v) is 8.43. The Kier molecular flexibility index (Phi) is 6.15. The van der Waals surface area contributed by atoms with Gasteiger partial charge in [0, 0.05) is 30.4 Å². The first-order valence-electron chi connectivity index (χ1n) is 8.05. The van der Waals surface area contributed by atoms with E-state index in [1.165, 1.54) is 0 Å². The minimum absolute atomic E-state index is 0.268. The van der Waals surface area contributed by atoms with Gasteiger partial charge in [-0.1, -0.05) is 31.0 Å². The molecule has 2 aromatic rings. The van der Waals surface area contributed by atoms with E-state index in [-0.39, 0.29) is 5.91 Å². The van der Waals surface area contributed by atoms with Crippen molar-refractivity contribution >= 4 is 29.0 Å². The average molecular weight is 347 g/mol. The van der Waals surface area contributed by atoms with E-state index in [0.717, 1.165) is 30.8 Å². The van der Waals surface area contributed by atoms with E-state index in [4.69, 9.17) is 11.6 Å². The zero-order valence-corrected chi connectivity index (χ0v) is 15.3. The molecule has 0 spiro atoms. The van der Waals surface area contributed by atoms with Crippen molar-refractivity contribution in [2.45, 2.75) is 33.6 Å². The molecular formula is C18H23ClN4O. The second kappa shape index (κ2) is 8.11. The van der Waals surface area contributed by atoms with Crippen LogP contribution in [-0.4, -0.2) is 29.5 Å². The first-order chi connectivity index (χ1) is 11.4. The van der Waals surface area contributed by atoms with Crippen molar-refractivity contribution in [1.29, 1.82) is 0 Å². The molecule has 5 nitrogen and oxygen atoms in total. The van der Waals surface area contributed by atoms with E-state index in [1.807, 2.05) is 24.9 Å². The van der Waals surface area contributed by atoms with Crippen LogP contribution in [0.1, 0.15) is 41.6 Å². The van der Waals surface area contributed by atoms with Crippen LogP contribution in [0.15, 0.2) is 24.3 Å². The van der Waals surface area contributed by atoms with Gasteiger partial charge < -0.3 is 10.2 Å². The van der Waals surface area contributed by atoms with Gasteiger partial charge in [0.05, 0.1) is 0 Å². The third kappa shape index (κ3) is 4.68. The molecule has 128 valence electrons. The number of hydrogen-bond donors (Lipinski definition) is 1. The quantitative estimate of drug-likeness (QED) is 0.850. The molecule has 0 aliphatic heterocycles. The fraction of sp³-hybridized carbons (Fsp3) is 0.389. The third-order valence-corrected chi connectivity index (χ3v) is 3.98. The van der Waals surface area contributed by atoms with Gasteiger partial charge in [-0.15, -0.1) is 0 Å². The fourth-order valence-corrected chi connectivity index (χ4v) is 2.46. The van der Waals surface area contributed by atoms with Crippen molar-refractivity contribution in [1.82, 2.24) is 9.97 Å². The van der Waals surface area contributed by atoms with Gasteiger partial charge in [0.15, 0.2) is 0 Å². The Morgan fingerprint density at radius 2 is 2.00 bits per heavy atom. The summed E-state index contributed by atoms with van der Waals surface area (Å²) in [7, 11) is 1.97. The van der Waals surface area contributed by atoms with Crippen molar-refractivity contribution in [3.05, 3.63) is 46.4 Å². The standard InChI is InChI=1S/C18H23ClN4O/c1-5-6-9-23(4)17-11-16(20-13(3)21-17)18(24)22-15-10-14(19)8-7-12(15)2/h7-8,10-11H,5-6,9H2,1-4H3,(H,22,24). The molecule has 0 saturated heterocycles. The highest BCUT2D eigenvalue weighted by Crippen LogP contribution is 2.21. The molecule has 1 N–H and O–H groups in total. The van der Waals surface area contributed by atoms with Crippen LogP contribution in [0.2, 0.25) is 5.02 Å². The van der Waals surface area contributed by atoms with E-state index in [2.05, 4.69) is 22.2 Å². The number of unbranched alkanes of at least 4 members (excludes halogenated alkanes) is 1. The number of rotatable bonds is 6. The molecule has 24 heavy (non-hydrogen) atoms. The molecule has 2 rings (SSSR count). The van der Waals surface area contributed by atoms with Gasteiger partial charge in [-0.25, -0.2) is 9.97 Å². The molecule has 0 bridgehead atoms. The van der Waals surface area contributed by atoms with Crippen LogP contribution in [-0.2, 0) is 0 Å². The van der Waals surface area contributed by atoms with Crippen molar-refractivity contribution in [3.63, 3.8) is 0 Å². The normalized spacial score (nSPS) is 10.5. The van der Waals surface area contributed by atoms with Crippen molar-refractivity contribution in [3.8, 4) is 0 Å². The van der Waals surface area contributed by atoms with E-state index < -0.39 is 0 Å². The molecule has 0 radical (unpaired) electrons. The zero-order chi connectivity index (χ0) is 17.7. The number of hydrogen-bond acceptors (Lipinski definition) is 4. The van der Waals surface area contributed by atoms with Crippen LogP contribution in [0.3, 0.4) is 0 Å². The molecule has 1 heterocycles. The SMILES string of the molecule is CCCCN(C)c1cc(C(=O)Nc2cc(Cl)ccc2C)nc(C)n1. The summed E-state index contributed by atoms with van der Waals surface area (Å²) >= 11 is 6.00. The number of anilines is 2. The minimum atomic E-state index is -0.268. The zero-order valence-electron chi connectivity index (χ0n) is 14.6. The van der Waals surface area contributed by atoms with E-state index in [0.29, 0.717) is 22.2 Å². The Morgan fingerprint density at radius 1 is 1.25 bits per heavy atom. The van der Waals surface area contributed by atoms with Gasteiger partial charge in [-0.05, 0) is 38.0 Å². The van der Waals surface area contributed by atoms with Crippen LogP contribution in [0.4, 0.5) is 11.5 Å². The highest BCUT2D eigenvalue weighted by Gasteiger charge is 2.14. The second-order valence-corrected chi connectivity index (χ2v) is 6.28. The lowest BCUT2D eigenvalue weighted by molar-refractivity contribution is 0.102. The summed E-state index contributed by atoms with van der Waals surface area (Å²) in [6, 6.07) is 7.12. The number of aromatic nitrogens is 2. The molecule has 1 aromatic heterocycles. The van der Waals surface area contributed by atoms with Crippen molar-refractivity contribution in [2.75, 3.05) is 23.8 Å². The number of carbonyl (C=O) groups excluding carboxylic acids is 1. The number of halogens is 1. The maximum atomic E-state index is 12.6. The van der Waals surface area contributed by atoms with Crippen LogP contribution in [0.25, 0.3) is 0 Å². The highest BCUT2D eigenvalue weighted by molar-refractivity contribution is 6.31. The van der Waals surface area contributed by atoms with E-state index in [9.17, 15) is 4.79 Å². The second-order valence-electron chi connectivity index (χ2n) is 5.85. The predicted octanol–water partition coefficient (Wildman–Crippen LogP) is 4.24. The smallest absolute Gasteiger partial charge is 0.274 e. The van der Waals surface area contributed by atoms with Gasteiger partial charge in [-0.2, -0.15) is 0 Å². The summed E-state index contributed by atoms with van der Waals surface area (Å²) in [6.07, 6.45) is 2.18. The molecule has 0 unspecified atom stereocenters. The number of nitrogens with one attached hydrogen (secondary N) is 1. The molecule has 1 aromatic carbocycles. The fourth-order valence-electron chi connectivity index (χ4n) is 2.29. The molecule has 6 heteroatoms. The van der Waals surface area contributed by atoms with Crippen LogP contribution >= 0.6 is 11.6 Å². The van der Waals surface area contributed by atoms with Crippen LogP contribution in [0.5, 0.6) is 0 Å². The highest BCUT2D eigenvalue weighted by atomic mass is 35.5. The lowest BCUT2D eigenvalue weighted by atomic mass is 10.2. The maximum absolute atomic E-state index is 12.6.